The summed E-state index contributed by atoms with van der Waals surface area (Å²) in [6.07, 6.45) is 1.12. The van der Waals surface area contributed by atoms with E-state index in [9.17, 15) is 9.59 Å². The summed E-state index contributed by atoms with van der Waals surface area (Å²) in [7, 11) is 2.18. The first-order chi connectivity index (χ1) is 16.3. The minimum Gasteiger partial charge on any atom is -0.478 e. The highest BCUT2D eigenvalue weighted by atomic mass is 35.5. The first-order valence-electron chi connectivity index (χ1n) is 10.5. The molecule has 0 unspecified atom stereocenters. The van der Waals surface area contributed by atoms with Crippen LogP contribution in [0.15, 0.2) is 94.7 Å². The van der Waals surface area contributed by atoms with Crippen molar-refractivity contribution >= 4 is 46.7 Å². The Morgan fingerprint density at radius 1 is 0.914 bits per heavy atom. The van der Waals surface area contributed by atoms with Gasteiger partial charge in [-0.1, -0.05) is 73.3 Å². The van der Waals surface area contributed by atoms with Crippen LogP contribution in [0.5, 0.6) is 0 Å². The second-order valence-electron chi connectivity index (χ2n) is 7.57. The van der Waals surface area contributed by atoms with Crippen molar-refractivity contribution in [3.8, 4) is 0 Å². The molecule has 0 fully saturated rings. The maximum Gasteiger partial charge on any atom is 0.328 e. The molecule has 4 rings (SSSR count). The van der Waals surface area contributed by atoms with Gasteiger partial charge in [-0.25, -0.2) is 9.59 Å². The fraction of sp³-hybridized carbons (Fsp3) is 0.185. The van der Waals surface area contributed by atoms with Crippen LogP contribution >= 0.6 is 23.4 Å². The topological polar surface area (TPSA) is 81.1 Å². The molecule has 1 aliphatic heterocycles. The Morgan fingerprint density at radius 2 is 1.51 bits per heavy atom. The van der Waals surface area contributed by atoms with Crippen LogP contribution in [-0.2, 0) is 16.1 Å². The van der Waals surface area contributed by atoms with Crippen molar-refractivity contribution in [3.63, 3.8) is 0 Å². The minimum atomic E-state index is -1.26. The molecule has 0 atom stereocenters. The largest absolute Gasteiger partial charge is 0.478 e. The van der Waals surface area contributed by atoms with Gasteiger partial charge in [0.2, 0.25) is 0 Å². The van der Waals surface area contributed by atoms with Crippen molar-refractivity contribution in [2.24, 2.45) is 0 Å². The summed E-state index contributed by atoms with van der Waals surface area (Å²) in [6, 6.07) is 25.4. The van der Waals surface area contributed by atoms with E-state index >= 15 is 0 Å². The monoisotopic (exact) mass is 512 g/mol. The van der Waals surface area contributed by atoms with Crippen molar-refractivity contribution in [2.75, 3.05) is 25.0 Å². The first-order valence-corrected chi connectivity index (χ1v) is 11.7. The predicted octanol–water partition coefficient (Wildman–Crippen LogP) is 6.42. The van der Waals surface area contributed by atoms with E-state index in [4.69, 9.17) is 21.8 Å². The average Bonchev–Trinajstić information content (AvgIpc) is 2.82. The maximum absolute atomic E-state index is 9.55. The summed E-state index contributed by atoms with van der Waals surface area (Å²) < 4.78 is 0. The van der Waals surface area contributed by atoms with E-state index in [0.717, 1.165) is 24.7 Å². The number of aliphatic carboxylic acids is 2. The molecular weight excluding hydrogens is 484 g/mol. The fourth-order valence-corrected chi connectivity index (χ4v) is 4.67. The van der Waals surface area contributed by atoms with Crippen LogP contribution in [-0.4, -0.2) is 47.2 Å². The van der Waals surface area contributed by atoms with Crippen molar-refractivity contribution < 1.29 is 19.8 Å². The van der Waals surface area contributed by atoms with Gasteiger partial charge in [-0.15, -0.1) is 0 Å². The summed E-state index contributed by atoms with van der Waals surface area (Å²) in [5, 5.41) is 16.4. The molecule has 35 heavy (non-hydrogen) atoms. The number of fused-ring (bicyclic) bond motifs is 2. The van der Waals surface area contributed by atoms with Gasteiger partial charge in [0.05, 0.1) is 11.4 Å². The fourth-order valence-electron chi connectivity index (χ4n) is 3.43. The van der Waals surface area contributed by atoms with Gasteiger partial charge in [-0.05, 0) is 42.9 Å². The van der Waals surface area contributed by atoms with Crippen molar-refractivity contribution in [3.05, 3.63) is 95.5 Å². The summed E-state index contributed by atoms with van der Waals surface area (Å²) in [5.41, 5.74) is 3.81. The zero-order valence-electron chi connectivity index (χ0n) is 18.6. The van der Waals surface area contributed by atoms with Gasteiger partial charge in [-0.2, -0.15) is 0 Å². The van der Waals surface area contributed by atoms with E-state index in [0.29, 0.717) is 12.2 Å². The van der Waals surface area contributed by atoms with E-state index in [1.165, 1.54) is 26.7 Å². The zero-order chi connectivity index (χ0) is 24.5. The van der Waals surface area contributed by atoms with Crippen molar-refractivity contribution in [2.45, 2.75) is 23.8 Å². The Labute approximate surface area is 215 Å². The number of anilines is 2. The lowest BCUT2D eigenvalue weighted by Crippen LogP contribution is -2.31. The molecule has 0 aromatic heterocycles. The quantitative estimate of drug-likeness (QED) is 0.353. The Hall–Kier alpha value is -3.26. The van der Waals surface area contributed by atoms with E-state index in [1.807, 2.05) is 17.8 Å². The molecule has 1 heterocycles. The molecule has 8 heteroatoms. The molecule has 0 saturated heterocycles. The van der Waals surface area contributed by atoms with E-state index < -0.39 is 11.9 Å². The Bertz CT molecular complexity index is 1150. The molecule has 0 saturated carbocycles. The second kappa shape index (κ2) is 13.6. The van der Waals surface area contributed by atoms with Crippen LogP contribution in [0, 0.1) is 0 Å². The van der Waals surface area contributed by atoms with E-state index in [2.05, 4.69) is 83.6 Å². The third kappa shape index (κ3) is 8.47. The van der Waals surface area contributed by atoms with Gasteiger partial charge in [-0.3, -0.25) is 0 Å². The number of hydrogen-bond donors (Lipinski definition) is 2. The van der Waals surface area contributed by atoms with E-state index in [-0.39, 0.29) is 7.43 Å². The molecule has 184 valence electrons. The van der Waals surface area contributed by atoms with Crippen LogP contribution in [0.4, 0.5) is 11.4 Å². The average molecular weight is 513 g/mol. The van der Waals surface area contributed by atoms with Gasteiger partial charge < -0.3 is 20.0 Å². The highest BCUT2D eigenvalue weighted by Gasteiger charge is 2.23. The van der Waals surface area contributed by atoms with Gasteiger partial charge >= 0.3 is 11.9 Å². The number of carboxylic acid groups (broad SMARTS) is 2. The number of nitrogens with zero attached hydrogens (tertiary/aromatic N) is 2. The molecule has 1 aliphatic rings. The normalized spacial score (nSPS) is 11.7. The highest BCUT2D eigenvalue weighted by molar-refractivity contribution is 7.99. The molecule has 0 radical (unpaired) electrons. The number of carbonyl (C=O) groups is 2. The number of likely N-dealkylation sites (N-methyl/N-ethyl adjacent to an activating group) is 1. The number of halogens is 1. The van der Waals surface area contributed by atoms with Gasteiger partial charge in [0, 0.05) is 46.6 Å². The summed E-state index contributed by atoms with van der Waals surface area (Å²) in [5.74, 6) is -2.51. The summed E-state index contributed by atoms with van der Waals surface area (Å²) in [6.45, 7) is 2.85. The molecule has 0 spiro atoms. The highest BCUT2D eigenvalue weighted by Crippen LogP contribution is 2.48. The smallest absolute Gasteiger partial charge is 0.328 e. The van der Waals surface area contributed by atoms with Crippen LogP contribution in [0.2, 0.25) is 5.02 Å². The van der Waals surface area contributed by atoms with Gasteiger partial charge in [0.25, 0.3) is 0 Å². The standard InChI is InChI=1S/C22H21ClN2S.C4H4O4.CH4/c1-24(16-17-7-3-2-4-8-17)13-14-25-19-9-5-6-10-21(19)26-22-12-11-18(23)15-20(22)25;5-3(6)1-2-4(7)8;/h2-12,15H,13-14,16H2,1H3;1-2H,(H,5,6)(H,7,8);1H4/b;2-1+;. The molecule has 2 N–H and O–H groups in total. The number of para-hydroxylation sites is 1. The predicted molar refractivity (Wildman–Crippen MR) is 143 cm³/mol. The molecule has 6 nitrogen and oxygen atoms in total. The van der Waals surface area contributed by atoms with Crippen LogP contribution in [0.3, 0.4) is 0 Å². The SMILES string of the molecule is C.CN(CCN1c2ccccc2Sc2ccc(Cl)cc21)Cc1ccccc1.O=C(O)/C=C/C(=O)O. The van der Waals surface area contributed by atoms with Crippen molar-refractivity contribution in [1.82, 2.24) is 4.90 Å². The zero-order valence-corrected chi connectivity index (χ0v) is 20.2. The molecule has 0 aliphatic carbocycles. The number of rotatable bonds is 7. The summed E-state index contributed by atoms with van der Waals surface area (Å²) in [4.78, 5) is 26.4. The van der Waals surface area contributed by atoms with Crippen LogP contribution in [0.25, 0.3) is 0 Å². The lowest BCUT2D eigenvalue weighted by atomic mass is 10.2. The third-order valence-corrected chi connectivity index (χ3v) is 6.32. The lowest BCUT2D eigenvalue weighted by Gasteiger charge is -2.34. The number of benzene rings is 3. The maximum atomic E-state index is 9.55. The Morgan fingerprint density at radius 3 is 2.17 bits per heavy atom. The van der Waals surface area contributed by atoms with Crippen LogP contribution in [0.1, 0.15) is 13.0 Å². The number of carboxylic acids is 2. The molecule has 3 aromatic carbocycles. The first kappa shape index (κ1) is 28.0. The van der Waals surface area contributed by atoms with Gasteiger partial charge in [0.15, 0.2) is 0 Å². The minimum absolute atomic E-state index is 0. The molecular formula is C27H29ClN2O4S. The number of hydrogen-bond acceptors (Lipinski definition) is 5. The lowest BCUT2D eigenvalue weighted by molar-refractivity contribution is -0.134. The summed E-state index contributed by atoms with van der Waals surface area (Å²) >= 11 is 8.11. The molecule has 0 amide bonds. The van der Waals surface area contributed by atoms with E-state index in [1.54, 1.807) is 0 Å². The Balaban J connectivity index is 0.000000418. The van der Waals surface area contributed by atoms with Crippen LogP contribution < -0.4 is 4.90 Å². The Kier molecular flexibility index (Phi) is 10.9. The third-order valence-electron chi connectivity index (χ3n) is 4.96. The second-order valence-corrected chi connectivity index (χ2v) is 9.09. The van der Waals surface area contributed by atoms with Gasteiger partial charge in [0.1, 0.15) is 0 Å². The van der Waals surface area contributed by atoms with Crippen molar-refractivity contribution in [1.29, 1.82) is 0 Å². The molecule has 0 bridgehead atoms. The molecule has 3 aromatic rings.